The van der Waals surface area contributed by atoms with Gasteiger partial charge < -0.3 is 9.47 Å². The highest BCUT2D eigenvalue weighted by atomic mass is 16.6. The number of ether oxygens (including phenoxy) is 2. The molecule has 0 saturated carbocycles. The van der Waals surface area contributed by atoms with Crippen LogP contribution in [-0.2, 0) is 14.3 Å². The Balaban J connectivity index is 3.47. The van der Waals surface area contributed by atoms with E-state index in [9.17, 15) is 4.79 Å². The van der Waals surface area contributed by atoms with Gasteiger partial charge in [-0.3, -0.25) is 4.79 Å². The van der Waals surface area contributed by atoms with Crippen molar-refractivity contribution in [2.24, 2.45) is 0 Å². The van der Waals surface area contributed by atoms with Crippen LogP contribution in [0.4, 0.5) is 0 Å². The second-order valence-electron chi connectivity index (χ2n) is 3.53. The summed E-state index contributed by atoms with van der Waals surface area (Å²) in [6.07, 6.45) is 0.338. The van der Waals surface area contributed by atoms with Gasteiger partial charge in [-0.05, 0) is 27.7 Å². The van der Waals surface area contributed by atoms with Crippen LogP contribution in [0.15, 0.2) is 0 Å². The highest BCUT2D eigenvalue weighted by Gasteiger charge is 2.15. The Labute approximate surface area is 74.0 Å². The molecule has 0 amide bonds. The summed E-state index contributed by atoms with van der Waals surface area (Å²) in [5.74, 6) is -0.198. The first-order valence-electron chi connectivity index (χ1n) is 4.25. The van der Waals surface area contributed by atoms with Gasteiger partial charge >= 0.3 is 5.97 Å². The van der Waals surface area contributed by atoms with Gasteiger partial charge in [-0.1, -0.05) is 0 Å². The Morgan fingerprint density at radius 3 is 2.33 bits per heavy atom. The molecule has 0 aliphatic rings. The molecule has 0 aliphatic carbocycles. The van der Waals surface area contributed by atoms with Crippen molar-refractivity contribution in [3.05, 3.63) is 0 Å². The van der Waals surface area contributed by atoms with E-state index in [-0.39, 0.29) is 11.6 Å². The molecule has 0 atom stereocenters. The summed E-state index contributed by atoms with van der Waals surface area (Å²) in [6.45, 7) is 8.55. The van der Waals surface area contributed by atoms with Gasteiger partial charge in [-0.15, -0.1) is 0 Å². The van der Waals surface area contributed by atoms with E-state index >= 15 is 0 Å². The molecule has 0 aromatic heterocycles. The number of esters is 1. The van der Waals surface area contributed by atoms with Crippen LogP contribution in [0.5, 0.6) is 0 Å². The van der Waals surface area contributed by atoms with Gasteiger partial charge in [0.1, 0.15) is 5.60 Å². The maximum atomic E-state index is 11.0. The standard InChI is InChI=1S/C9H18O3/c1-5-11-7-6-8(10)12-9(2,3)4/h5-7H2,1-4H3. The van der Waals surface area contributed by atoms with Gasteiger partial charge in [0.05, 0.1) is 13.0 Å². The molecular weight excluding hydrogens is 156 g/mol. The number of hydrogen-bond acceptors (Lipinski definition) is 3. The van der Waals surface area contributed by atoms with E-state index in [1.165, 1.54) is 0 Å². The molecular formula is C9H18O3. The molecule has 0 N–H and O–H groups in total. The van der Waals surface area contributed by atoms with E-state index in [2.05, 4.69) is 0 Å². The lowest BCUT2D eigenvalue weighted by Gasteiger charge is -2.19. The first-order chi connectivity index (χ1) is 5.45. The van der Waals surface area contributed by atoms with Crippen molar-refractivity contribution in [1.29, 1.82) is 0 Å². The van der Waals surface area contributed by atoms with Crippen LogP contribution in [0.25, 0.3) is 0 Å². The third kappa shape index (κ3) is 7.54. The molecule has 0 radical (unpaired) electrons. The topological polar surface area (TPSA) is 35.5 Å². The molecule has 0 heterocycles. The zero-order valence-corrected chi connectivity index (χ0v) is 8.35. The molecule has 0 fully saturated rings. The van der Waals surface area contributed by atoms with Crippen LogP contribution in [-0.4, -0.2) is 24.8 Å². The molecule has 12 heavy (non-hydrogen) atoms. The van der Waals surface area contributed by atoms with Crippen molar-refractivity contribution in [2.75, 3.05) is 13.2 Å². The van der Waals surface area contributed by atoms with E-state index in [0.29, 0.717) is 19.6 Å². The molecule has 0 rings (SSSR count). The van der Waals surface area contributed by atoms with Crippen molar-refractivity contribution in [3.8, 4) is 0 Å². The fraction of sp³-hybridized carbons (Fsp3) is 0.889. The lowest BCUT2D eigenvalue weighted by atomic mass is 10.2. The molecule has 0 aromatic carbocycles. The zero-order valence-electron chi connectivity index (χ0n) is 8.35. The summed E-state index contributed by atoms with van der Waals surface area (Å²) in [4.78, 5) is 11.0. The van der Waals surface area contributed by atoms with Crippen molar-refractivity contribution in [2.45, 2.75) is 39.7 Å². The molecule has 0 spiro atoms. The van der Waals surface area contributed by atoms with E-state index in [0.717, 1.165) is 0 Å². The monoisotopic (exact) mass is 174 g/mol. The zero-order chi connectivity index (χ0) is 9.61. The second kappa shape index (κ2) is 5.14. The maximum Gasteiger partial charge on any atom is 0.308 e. The molecule has 0 aliphatic heterocycles. The predicted octanol–water partition coefficient (Wildman–Crippen LogP) is 1.75. The first kappa shape index (κ1) is 11.4. The van der Waals surface area contributed by atoms with Gasteiger partial charge in [-0.2, -0.15) is 0 Å². The Kier molecular flexibility index (Phi) is 4.90. The third-order valence-electron chi connectivity index (χ3n) is 1.07. The number of carbonyl (C=O) groups is 1. The largest absolute Gasteiger partial charge is 0.460 e. The van der Waals surface area contributed by atoms with Gasteiger partial charge in [-0.25, -0.2) is 0 Å². The highest BCUT2D eigenvalue weighted by molar-refractivity contribution is 5.69. The highest BCUT2D eigenvalue weighted by Crippen LogP contribution is 2.07. The van der Waals surface area contributed by atoms with Crippen molar-refractivity contribution >= 4 is 5.97 Å². The van der Waals surface area contributed by atoms with Crippen LogP contribution in [0, 0.1) is 0 Å². The SMILES string of the molecule is CCOCCC(=O)OC(C)(C)C. The van der Waals surface area contributed by atoms with Gasteiger partial charge in [0.2, 0.25) is 0 Å². The molecule has 0 saturated heterocycles. The van der Waals surface area contributed by atoms with Crippen molar-refractivity contribution in [1.82, 2.24) is 0 Å². The van der Waals surface area contributed by atoms with Crippen LogP contribution in [0.2, 0.25) is 0 Å². The number of rotatable bonds is 4. The molecule has 72 valence electrons. The van der Waals surface area contributed by atoms with E-state index in [1.807, 2.05) is 27.7 Å². The molecule has 3 heteroatoms. The summed E-state index contributed by atoms with van der Waals surface area (Å²) < 4.78 is 10.1. The summed E-state index contributed by atoms with van der Waals surface area (Å²) in [5.41, 5.74) is -0.386. The minimum Gasteiger partial charge on any atom is -0.460 e. The van der Waals surface area contributed by atoms with Crippen molar-refractivity contribution < 1.29 is 14.3 Å². The summed E-state index contributed by atoms with van der Waals surface area (Å²) in [5, 5.41) is 0. The smallest absolute Gasteiger partial charge is 0.308 e. The summed E-state index contributed by atoms with van der Waals surface area (Å²) >= 11 is 0. The van der Waals surface area contributed by atoms with Crippen LogP contribution in [0.3, 0.4) is 0 Å². The predicted molar refractivity (Wildman–Crippen MR) is 47.0 cm³/mol. The van der Waals surface area contributed by atoms with Crippen LogP contribution < -0.4 is 0 Å². The molecule has 0 bridgehead atoms. The molecule has 3 nitrogen and oxygen atoms in total. The Morgan fingerprint density at radius 1 is 1.33 bits per heavy atom. The normalized spacial score (nSPS) is 11.3. The Hall–Kier alpha value is -0.570. The van der Waals surface area contributed by atoms with Crippen molar-refractivity contribution in [3.63, 3.8) is 0 Å². The fourth-order valence-electron chi connectivity index (χ4n) is 0.692. The fourth-order valence-corrected chi connectivity index (χ4v) is 0.692. The Bertz CT molecular complexity index is 135. The number of hydrogen-bond donors (Lipinski definition) is 0. The molecule has 0 unspecified atom stereocenters. The van der Waals surface area contributed by atoms with Gasteiger partial charge in [0, 0.05) is 6.61 Å². The lowest BCUT2D eigenvalue weighted by molar-refractivity contribution is -0.155. The third-order valence-corrected chi connectivity index (χ3v) is 1.07. The van der Waals surface area contributed by atoms with E-state index in [1.54, 1.807) is 0 Å². The van der Waals surface area contributed by atoms with Crippen LogP contribution in [0.1, 0.15) is 34.1 Å². The quantitative estimate of drug-likeness (QED) is 0.481. The van der Waals surface area contributed by atoms with E-state index in [4.69, 9.17) is 9.47 Å². The first-order valence-corrected chi connectivity index (χ1v) is 4.25. The average Bonchev–Trinajstić information content (AvgIpc) is 1.84. The minimum absolute atomic E-state index is 0.198. The van der Waals surface area contributed by atoms with Gasteiger partial charge in [0.25, 0.3) is 0 Å². The van der Waals surface area contributed by atoms with Crippen LogP contribution >= 0.6 is 0 Å². The lowest BCUT2D eigenvalue weighted by Crippen LogP contribution is -2.24. The molecule has 0 aromatic rings. The average molecular weight is 174 g/mol. The van der Waals surface area contributed by atoms with E-state index < -0.39 is 0 Å². The summed E-state index contributed by atoms with van der Waals surface area (Å²) in [6, 6.07) is 0. The maximum absolute atomic E-state index is 11.0. The summed E-state index contributed by atoms with van der Waals surface area (Å²) in [7, 11) is 0. The second-order valence-corrected chi connectivity index (χ2v) is 3.53. The number of carbonyl (C=O) groups excluding carboxylic acids is 1. The van der Waals surface area contributed by atoms with Gasteiger partial charge in [0.15, 0.2) is 0 Å². The minimum atomic E-state index is -0.386. The Morgan fingerprint density at radius 2 is 1.92 bits per heavy atom.